The van der Waals surface area contributed by atoms with Crippen molar-refractivity contribution in [2.75, 3.05) is 33.8 Å². The Kier molecular flexibility index (Phi) is 7.80. The van der Waals surface area contributed by atoms with Crippen LogP contribution in [-0.4, -0.2) is 76.6 Å². The van der Waals surface area contributed by atoms with Crippen molar-refractivity contribution in [2.24, 2.45) is 0 Å². The van der Waals surface area contributed by atoms with Gasteiger partial charge >= 0.3 is 6.09 Å². The van der Waals surface area contributed by atoms with Gasteiger partial charge in [-0.3, -0.25) is 9.20 Å². The number of hydrogen-bond donors (Lipinski definition) is 1. The van der Waals surface area contributed by atoms with Crippen molar-refractivity contribution in [2.45, 2.75) is 64.1 Å². The second-order valence-electron chi connectivity index (χ2n) is 12.5. The number of thiazole rings is 1. The highest BCUT2D eigenvalue weighted by Gasteiger charge is 2.33. The molecule has 1 atom stereocenters. The zero-order valence-corrected chi connectivity index (χ0v) is 26.1. The van der Waals surface area contributed by atoms with E-state index >= 15 is 4.39 Å². The molecular weight excluding hydrogens is 569 g/mol. The van der Waals surface area contributed by atoms with Gasteiger partial charge in [0.15, 0.2) is 4.96 Å². The molecule has 4 heterocycles. The number of amides is 2. The lowest BCUT2D eigenvalue weighted by Crippen LogP contribution is -2.43. The van der Waals surface area contributed by atoms with E-state index in [4.69, 9.17) is 14.5 Å². The van der Waals surface area contributed by atoms with E-state index in [1.807, 2.05) is 49.6 Å². The van der Waals surface area contributed by atoms with Crippen molar-refractivity contribution in [1.29, 1.82) is 0 Å². The van der Waals surface area contributed by atoms with Crippen LogP contribution in [0, 0.1) is 5.82 Å². The summed E-state index contributed by atoms with van der Waals surface area (Å²) < 4.78 is 29.6. The van der Waals surface area contributed by atoms with Gasteiger partial charge in [0.25, 0.3) is 5.91 Å². The maximum absolute atomic E-state index is 15.6. The molecule has 4 aromatic rings. The number of likely N-dealkylation sites (tertiary alicyclic amines) is 2. The van der Waals surface area contributed by atoms with Crippen molar-refractivity contribution < 1.29 is 23.5 Å². The maximum atomic E-state index is 15.6. The Hall–Kier alpha value is -3.70. The van der Waals surface area contributed by atoms with Crippen LogP contribution < -0.4 is 10.1 Å². The second-order valence-corrected chi connectivity index (χ2v) is 13.5. The molecule has 0 bridgehead atoms. The molecule has 228 valence electrons. The highest BCUT2D eigenvalue weighted by Crippen LogP contribution is 2.37. The first-order valence-electron chi connectivity index (χ1n) is 14.8. The SMILES string of the molecule is COc1cc2c(cc1C(=O)NC1CCN(C)CC1)sc1nc(-c3ccc(C4CCCN4C(=O)OC(C)(C)C)cc3F)cn12. The number of carbonyl (C=O) groups excluding carboxylic acids is 2. The number of ether oxygens (including phenoxy) is 2. The topological polar surface area (TPSA) is 88.4 Å². The summed E-state index contributed by atoms with van der Waals surface area (Å²) in [7, 11) is 3.65. The summed E-state index contributed by atoms with van der Waals surface area (Å²) in [5.41, 5.74) is 2.37. The molecule has 0 radical (unpaired) electrons. The molecule has 2 aliphatic heterocycles. The van der Waals surface area contributed by atoms with Gasteiger partial charge < -0.3 is 24.6 Å². The number of nitrogens with zero attached hydrogens (tertiary/aromatic N) is 4. The fourth-order valence-electron chi connectivity index (χ4n) is 6.02. The lowest BCUT2D eigenvalue weighted by molar-refractivity contribution is 0.0224. The highest BCUT2D eigenvalue weighted by atomic mass is 32.1. The summed E-state index contributed by atoms with van der Waals surface area (Å²) in [5.74, 6) is -0.0572. The zero-order valence-electron chi connectivity index (χ0n) is 25.3. The number of hydrogen-bond acceptors (Lipinski definition) is 7. The summed E-state index contributed by atoms with van der Waals surface area (Å²) in [5, 5.41) is 3.17. The normalized spacial score (nSPS) is 18.5. The molecule has 1 unspecified atom stereocenters. The van der Waals surface area contributed by atoms with Crippen LogP contribution in [0.25, 0.3) is 26.4 Å². The van der Waals surface area contributed by atoms with Crippen molar-refractivity contribution in [1.82, 2.24) is 24.5 Å². The van der Waals surface area contributed by atoms with Crippen LogP contribution in [-0.2, 0) is 4.74 Å². The Balaban J connectivity index is 1.25. The van der Waals surface area contributed by atoms with E-state index in [0.717, 1.165) is 54.6 Å². The van der Waals surface area contributed by atoms with Gasteiger partial charge in [-0.05, 0) is 90.4 Å². The summed E-state index contributed by atoms with van der Waals surface area (Å²) in [6, 6.07) is 8.72. The van der Waals surface area contributed by atoms with E-state index in [1.165, 1.54) is 17.4 Å². The van der Waals surface area contributed by atoms with Crippen LogP contribution >= 0.6 is 11.3 Å². The average Bonchev–Trinajstić information content (AvgIpc) is 3.67. The lowest BCUT2D eigenvalue weighted by Gasteiger charge is -2.29. The zero-order chi connectivity index (χ0) is 30.5. The van der Waals surface area contributed by atoms with Crippen LogP contribution in [0.5, 0.6) is 5.75 Å². The summed E-state index contributed by atoms with van der Waals surface area (Å²) >= 11 is 1.44. The van der Waals surface area contributed by atoms with Crippen molar-refractivity contribution in [3.8, 4) is 17.0 Å². The maximum Gasteiger partial charge on any atom is 0.410 e. The molecule has 6 rings (SSSR count). The minimum absolute atomic E-state index is 0.141. The van der Waals surface area contributed by atoms with Crippen LogP contribution in [0.1, 0.15) is 68.4 Å². The van der Waals surface area contributed by atoms with Gasteiger partial charge in [0.05, 0.1) is 34.6 Å². The Morgan fingerprint density at radius 1 is 1.09 bits per heavy atom. The van der Waals surface area contributed by atoms with Crippen LogP contribution in [0.2, 0.25) is 0 Å². The molecule has 2 aromatic carbocycles. The molecule has 0 saturated carbocycles. The van der Waals surface area contributed by atoms with Crippen molar-refractivity contribution >= 4 is 38.5 Å². The van der Waals surface area contributed by atoms with E-state index in [-0.39, 0.29) is 24.1 Å². The first-order valence-corrected chi connectivity index (χ1v) is 15.6. The van der Waals surface area contributed by atoms with Gasteiger partial charge in [-0.15, -0.1) is 0 Å². The first-order chi connectivity index (χ1) is 20.5. The van der Waals surface area contributed by atoms with Crippen molar-refractivity contribution in [3.63, 3.8) is 0 Å². The lowest BCUT2D eigenvalue weighted by atomic mass is 10.0. The molecular formula is C32H38FN5O4S. The smallest absolute Gasteiger partial charge is 0.410 e. The molecule has 1 N–H and O–H groups in total. The van der Waals surface area contributed by atoms with Gasteiger partial charge in [-0.1, -0.05) is 17.4 Å². The fourth-order valence-corrected chi connectivity index (χ4v) is 7.05. The third kappa shape index (κ3) is 5.92. The number of rotatable bonds is 5. The molecule has 11 heteroatoms. The highest BCUT2D eigenvalue weighted by molar-refractivity contribution is 7.23. The third-order valence-electron chi connectivity index (χ3n) is 8.25. The van der Waals surface area contributed by atoms with Crippen LogP contribution in [0.3, 0.4) is 0 Å². The number of piperidine rings is 1. The van der Waals surface area contributed by atoms with Gasteiger partial charge in [0.1, 0.15) is 17.2 Å². The molecule has 0 aliphatic carbocycles. The van der Waals surface area contributed by atoms with Gasteiger partial charge in [0.2, 0.25) is 0 Å². The minimum Gasteiger partial charge on any atom is -0.496 e. The largest absolute Gasteiger partial charge is 0.496 e. The minimum atomic E-state index is -0.595. The number of halogens is 1. The summed E-state index contributed by atoms with van der Waals surface area (Å²) in [6.45, 7) is 8.02. The van der Waals surface area contributed by atoms with Crippen LogP contribution in [0.15, 0.2) is 36.5 Å². The molecule has 2 amide bonds. The number of aromatic nitrogens is 2. The quantitative estimate of drug-likeness (QED) is 0.288. The Morgan fingerprint density at radius 2 is 1.86 bits per heavy atom. The van der Waals surface area contributed by atoms with E-state index in [1.54, 1.807) is 18.1 Å². The van der Waals surface area contributed by atoms with Gasteiger partial charge in [-0.25, -0.2) is 14.2 Å². The number of nitrogens with one attached hydrogen (secondary N) is 1. The molecule has 2 saturated heterocycles. The van der Waals surface area contributed by atoms with Crippen molar-refractivity contribution in [3.05, 3.63) is 53.5 Å². The molecule has 2 aromatic heterocycles. The number of methoxy groups -OCH3 is 1. The van der Waals surface area contributed by atoms with E-state index in [9.17, 15) is 9.59 Å². The molecule has 2 fully saturated rings. The Bertz CT molecular complexity index is 1680. The molecule has 9 nitrogen and oxygen atoms in total. The fraction of sp³-hybridized carbons (Fsp3) is 0.469. The number of benzene rings is 2. The van der Waals surface area contributed by atoms with E-state index in [2.05, 4.69) is 17.3 Å². The Labute approximate surface area is 254 Å². The molecule has 0 spiro atoms. The summed E-state index contributed by atoms with van der Waals surface area (Å²) in [6.07, 6.45) is 4.86. The number of carbonyl (C=O) groups is 2. The number of imidazole rings is 1. The molecule has 43 heavy (non-hydrogen) atoms. The monoisotopic (exact) mass is 607 g/mol. The van der Waals surface area contributed by atoms with Crippen LogP contribution in [0.4, 0.5) is 9.18 Å². The summed E-state index contributed by atoms with van der Waals surface area (Å²) in [4.78, 5) is 35.3. The predicted molar refractivity (Wildman–Crippen MR) is 165 cm³/mol. The van der Waals surface area contributed by atoms with E-state index in [0.29, 0.717) is 34.1 Å². The second kappa shape index (κ2) is 11.4. The Morgan fingerprint density at radius 3 is 2.56 bits per heavy atom. The van der Waals surface area contributed by atoms with Gasteiger partial charge in [0, 0.05) is 30.4 Å². The van der Waals surface area contributed by atoms with E-state index < -0.39 is 11.4 Å². The third-order valence-corrected chi connectivity index (χ3v) is 9.27. The molecule has 2 aliphatic rings. The number of fused-ring (bicyclic) bond motifs is 3. The standard InChI is InChI=1S/C32H38FN5O4S/c1-32(2,3)42-31(40)37-12-6-7-25(37)19-8-9-21(23(33)15-19)24-18-38-26-17-27(41-5)22(16-28(26)43-30(38)35-24)29(39)34-20-10-13-36(4)14-11-20/h8-9,15-18,20,25H,6-7,10-14H2,1-5H3,(H,34,39). The van der Waals surface area contributed by atoms with Gasteiger partial charge in [-0.2, -0.15) is 0 Å². The average molecular weight is 608 g/mol. The first kappa shape index (κ1) is 29.4. The predicted octanol–water partition coefficient (Wildman–Crippen LogP) is 6.26.